The van der Waals surface area contributed by atoms with Crippen molar-refractivity contribution in [3.63, 3.8) is 0 Å². The van der Waals surface area contributed by atoms with E-state index in [1.807, 2.05) is 6.07 Å². The number of unbranched alkanes of at least 4 members (excludes halogenated alkanes) is 1. The predicted molar refractivity (Wildman–Crippen MR) is 122 cm³/mol. The van der Waals surface area contributed by atoms with Gasteiger partial charge < -0.3 is 15.0 Å². The van der Waals surface area contributed by atoms with E-state index in [1.165, 1.54) is 16.9 Å². The lowest BCUT2D eigenvalue weighted by molar-refractivity contribution is -0.00347. The summed E-state index contributed by atoms with van der Waals surface area (Å²) < 4.78 is 5.07. The van der Waals surface area contributed by atoms with Crippen molar-refractivity contribution in [1.29, 1.82) is 0 Å². The highest BCUT2D eigenvalue weighted by molar-refractivity contribution is 7.13. The molecule has 0 aliphatic carbocycles. The van der Waals surface area contributed by atoms with Crippen molar-refractivity contribution in [3.8, 4) is 0 Å². The monoisotopic (exact) mass is 448 g/mol. The van der Waals surface area contributed by atoms with Crippen LogP contribution in [0.4, 0.5) is 0 Å². The van der Waals surface area contributed by atoms with E-state index >= 15 is 0 Å². The Balaban J connectivity index is 1.11. The summed E-state index contributed by atoms with van der Waals surface area (Å²) in [6.07, 6.45) is 4.44. The second-order valence-electron chi connectivity index (χ2n) is 8.01. The molecule has 4 heterocycles. The summed E-state index contributed by atoms with van der Waals surface area (Å²) in [5, 5.41) is 22.2. The Bertz CT molecular complexity index is 1200. The van der Waals surface area contributed by atoms with Gasteiger partial charge in [-0.15, -0.1) is 15.3 Å². The summed E-state index contributed by atoms with van der Waals surface area (Å²) in [6, 6.07) is 14.8. The quantitative estimate of drug-likeness (QED) is 0.381. The molecule has 5 rings (SSSR count). The molecule has 1 aliphatic heterocycles. The molecule has 0 radical (unpaired) electrons. The number of aryl methyl sites for hydroxylation is 2. The van der Waals surface area contributed by atoms with E-state index in [0.717, 1.165) is 59.5 Å². The van der Waals surface area contributed by atoms with Crippen molar-refractivity contribution >= 4 is 28.3 Å². The lowest BCUT2D eigenvalue weighted by Crippen LogP contribution is -2.48. The summed E-state index contributed by atoms with van der Waals surface area (Å²) in [5.74, 6) is -0.163. The molecule has 1 amide bonds. The molecule has 9 heteroatoms. The first-order valence-electron chi connectivity index (χ1n) is 10.8. The van der Waals surface area contributed by atoms with E-state index in [-0.39, 0.29) is 11.9 Å². The minimum atomic E-state index is -0.163. The van der Waals surface area contributed by atoms with Gasteiger partial charge in [-0.2, -0.15) is 5.10 Å². The number of rotatable bonds is 9. The van der Waals surface area contributed by atoms with Crippen molar-refractivity contribution in [2.45, 2.75) is 38.1 Å². The van der Waals surface area contributed by atoms with Gasteiger partial charge in [0, 0.05) is 23.9 Å². The molecule has 1 aliphatic rings. The summed E-state index contributed by atoms with van der Waals surface area (Å²) in [5.41, 5.74) is 4.22. The number of benzene rings is 1. The van der Waals surface area contributed by atoms with Crippen LogP contribution in [0.3, 0.4) is 0 Å². The Morgan fingerprint density at radius 3 is 2.72 bits per heavy atom. The van der Waals surface area contributed by atoms with Crippen molar-refractivity contribution in [2.24, 2.45) is 0 Å². The third-order valence-electron chi connectivity index (χ3n) is 5.43. The Kier molecular flexibility index (Phi) is 6.17. The minimum absolute atomic E-state index is 0.0998. The zero-order valence-corrected chi connectivity index (χ0v) is 18.4. The summed E-state index contributed by atoms with van der Waals surface area (Å²) in [6.45, 7) is 1.15. The third kappa shape index (κ3) is 5.00. The highest BCUT2D eigenvalue weighted by Gasteiger charge is 2.23. The fourth-order valence-corrected chi connectivity index (χ4v) is 4.44. The Hall–Kier alpha value is -3.17. The molecule has 1 aromatic carbocycles. The Morgan fingerprint density at radius 1 is 1.06 bits per heavy atom. The average Bonchev–Trinajstić information content (AvgIpc) is 3.41. The van der Waals surface area contributed by atoms with E-state index in [9.17, 15) is 4.79 Å². The van der Waals surface area contributed by atoms with E-state index in [0.29, 0.717) is 18.2 Å². The number of amides is 1. The number of nitrogens with zero attached hydrogens (tertiary/aromatic N) is 4. The average molecular weight is 449 g/mol. The van der Waals surface area contributed by atoms with Gasteiger partial charge in [0.25, 0.3) is 5.91 Å². The molecular weight excluding hydrogens is 424 g/mol. The normalized spacial score (nSPS) is 13.9. The summed E-state index contributed by atoms with van der Waals surface area (Å²) in [7, 11) is 0. The van der Waals surface area contributed by atoms with Crippen LogP contribution < -0.4 is 5.32 Å². The highest BCUT2D eigenvalue weighted by Crippen LogP contribution is 2.18. The van der Waals surface area contributed by atoms with Crippen molar-refractivity contribution in [2.75, 3.05) is 13.2 Å². The maximum Gasteiger partial charge on any atom is 0.282 e. The topological polar surface area (TPSA) is 106 Å². The molecule has 32 heavy (non-hydrogen) atoms. The molecule has 0 unspecified atom stereocenters. The smallest absolute Gasteiger partial charge is 0.282 e. The van der Waals surface area contributed by atoms with Crippen LogP contribution in [0.2, 0.25) is 0 Å². The lowest BCUT2D eigenvalue weighted by atomic mass is 10.1. The molecule has 3 aromatic heterocycles. The largest absolute Gasteiger partial charge is 0.377 e. The molecule has 2 N–H and O–H groups in total. The molecular formula is C23H24N6O2S. The molecule has 0 spiro atoms. The van der Waals surface area contributed by atoms with Gasteiger partial charge in [-0.3, -0.25) is 4.79 Å². The number of H-pyrrole nitrogens is 1. The molecule has 8 nitrogen and oxygen atoms in total. The standard InChI is InChI=1S/C23H24N6O2S/c30-22(25-19-13-31-14-19)23-29-27-20(32-23)9-5-4-8-17-11-16-12-18(24-21(16)28-26-17)10-15-6-2-1-3-7-15/h1-3,6-7,11-12,19H,4-5,8-10,13-14H2,(H,24,28)(H,25,30). The van der Waals surface area contributed by atoms with E-state index in [2.05, 4.69) is 67.1 Å². The molecule has 1 fully saturated rings. The van der Waals surface area contributed by atoms with Crippen LogP contribution in [0.1, 0.15) is 44.6 Å². The van der Waals surface area contributed by atoms with Crippen LogP contribution in [0.5, 0.6) is 0 Å². The van der Waals surface area contributed by atoms with Gasteiger partial charge in [-0.25, -0.2) is 0 Å². The second-order valence-corrected chi connectivity index (χ2v) is 9.07. The molecule has 0 saturated carbocycles. The third-order valence-corrected chi connectivity index (χ3v) is 6.41. The lowest BCUT2D eigenvalue weighted by Gasteiger charge is -2.26. The van der Waals surface area contributed by atoms with Crippen LogP contribution in [0, 0.1) is 0 Å². The predicted octanol–water partition coefficient (Wildman–Crippen LogP) is 3.09. The van der Waals surface area contributed by atoms with Crippen LogP contribution in [0.15, 0.2) is 42.5 Å². The summed E-state index contributed by atoms with van der Waals surface area (Å²) >= 11 is 1.36. The second kappa shape index (κ2) is 9.54. The summed E-state index contributed by atoms with van der Waals surface area (Å²) in [4.78, 5) is 15.5. The maximum absolute atomic E-state index is 12.1. The number of hydrogen-bond acceptors (Lipinski definition) is 7. The molecule has 4 aromatic rings. The van der Waals surface area contributed by atoms with Gasteiger partial charge >= 0.3 is 0 Å². The van der Waals surface area contributed by atoms with Crippen LogP contribution in [-0.2, 0) is 24.0 Å². The number of nitrogens with one attached hydrogen (secondary N) is 2. The number of carbonyl (C=O) groups excluding carboxylic acids is 1. The Morgan fingerprint density at radius 2 is 1.91 bits per heavy atom. The SMILES string of the molecule is O=C(NC1COC1)c1nnc(CCCCc2cc3cc(Cc4ccccc4)[nH]c3nn2)s1. The number of aromatic nitrogens is 5. The Labute approximate surface area is 189 Å². The maximum atomic E-state index is 12.1. The number of hydrogen-bond donors (Lipinski definition) is 2. The van der Waals surface area contributed by atoms with E-state index in [1.54, 1.807) is 0 Å². The van der Waals surface area contributed by atoms with Crippen LogP contribution >= 0.6 is 11.3 Å². The van der Waals surface area contributed by atoms with Gasteiger partial charge in [0.1, 0.15) is 5.01 Å². The fraction of sp³-hybridized carbons (Fsp3) is 0.348. The van der Waals surface area contributed by atoms with Gasteiger partial charge in [-0.05, 0) is 37.0 Å². The molecule has 0 bridgehead atoms. The first-order chi connectivity index (χ1) is 15.7. The first kappa shape index (κ1) is 20.7. The van der Waals surface area contributed by atoms with Crippen molar-refractivity contribution in [3.05, 3.63) is 69.4 Å². The number of carbonyl (C=O) groups is 1. The first-order valence-corrected chi connectivity index (χ1v) is 11.6. The van der Waals surface area contributed by atoms with Crippen molar-refractivity contribution in [1.82, 2.24) is 30.7 Å². The van der Waals surface area contributed by atoms with Gasteiger partial charge in [0.2, 0.25) is 5.01 Å². The number of fused-ring (bicyclic) bond motifs is 1. The minimum Gasteiger partial charge on any atom is -0.377 e. The van der Waals surface area contributed by atoms with Gasteiger partial charge in [0.15, 0.2) is 5.65 Å². The number of aromatic amines is 1. The zero-order valence-electron chi connectivity index (χ0n) is 17.6. The molecule has 164 valence electrons. The highest BCUT2D eigenvalue weighted by atomic mass is 32.1. The zero-order chi connectivity index (χ0) is 21.8. The van der Waals surface area contributed by atoms with E-state index in [4.69, 9.17) is 4.74 Å². The molecule has 1 saturated heterocycles. The van der Waals surface area contributed by atoms with Crippen LogP contribution in [0.25, 0.3) is 11.0 Å². The van der Waals surface area contributed by atoms with Gasteiger partial charge in [0.05, 0.1) is 24.9 Å². The number of ether oxygens (including phenoxy) is 1. The van der Waals surface area contributed by atoms with Gasteiger partial charge in [-0.1, -0.05) is 41.7 Å². The fourth-order valence-electron chi connectivity index (χ4n) is 3.66. The molecule has 0 atom stereocenters. The van der Waals surface area contributed by atoms with Crippen molar-refractivity contribution < 1.29 is 9.53 Å². The van der Waals surface area contributed by atoms with Crippen LogP contribution in [-0.4, -0.2) is 50.5 Å². The van der Waals surface area contributed by atoms with E-state index < -0.39 is 0 Å².